The number of benzene rings is 1. The number of amides is 18. The number of phenolic OH excluding ortho intramolecular Hbond substituents is 1. The fourth-order valence-electron chi connectivity index (χ4n) is 9.93. The summed E-state index contributed by atoms with van der Waals surface area (Å²) >= 11 is 4.94. The van der Waals surface area contributed by atoms with Crippen LogP contribution in [0.4, 0.5) is 0 Å². The maximum atomic E-state index is 13.9. The summed E-state index contributed by atoms with van der Waals surface area (Å²) in [5, 5.41) is 57.5. The van der Waals surface area contributed by atoms with Crippen LogP contribution in [-0.4, -0.2) is 299 Å². The average molecular weight is 1590 g/mol. The van der Waals surface area contributed by atoms with Crippen LogP contribution in [0.25, 0.3) is 0 Å². The summed E-state index contributed by atoms with van der Waals surface area (Å²) in [7, 11) is 0. The van der Waals surface area contributed by atoms with Crippen LogP contribution in [-0.2, 0) is 97.5 Å². The van der Waals surface area contributed by atoms with Gasteiger partial charge in [0.2, 0.25) is 94.5 Å². The fraction of sp³-hybridized carbons (Fsp3) is 0.590. The number of carboxylic acids is 1. The summed E-state index contributed by atoms with van der Waals surface area (Å²) in [5.74, 6) is -17.6. The molecule has 3 aliphatic rings. The molecular formula is C61H92N19O21S5+. The van der Waals surface area contributed by atoms with Crippen LogP contribution in [0.3, 0.4) is 0 Å². The maximum Gasteiger partial charge on any atom is 0.334 e. The molecule has 0 aromatic heterocycles. The molecular weight excluding hydrogens is 1500 g/mol. The zero-order valence-electron chi connectivity index (χ0n) is 58.1. The maximum absolute atomic E-state index is 13.9. The van der Waals surface area contributed by atoms with Crippen molar-refractivity contribution in [3.05, 3.63) is 29.8 Å². The summed E-state index contributed by atoms with van der Waals surface area (Å²) in [6, 6.07) is -4.68. The highest BCUT2D eigenvalue weighted by Gasteiger charge is 2.55. The predicted molar refractivity (Wildman–Crippen MR) is 388 cm³/mol. The average Bonchev–Trinajstić information content (AvgIpc) is 1.61. The molecule has 0 bridgehead atoms. The van der Waals surface area contributed by atoms with Crippen LogP contribution in [0.15, 0.2) is 24.3 Å². The number of thioether (sulfide) groups is 5. The molecule has 1 spiro atoms. The molecule has 4 rings (SSSR count). The standard InChI is InChI=1S/C61H91N19O21S5/c1-33(81)71-31-104-27-40(55(95)67-19-45(84)65-21-47(86)75-39(54(63)94)29-106-44-18-52(91)80(61(44)101)13-4-11-64-12-5-14-80)77-50(89)24-69-56(96)41(28-105-32-72-34(2)82)76-48(87)22-66-46(85)20-68-58(98)43-26-103-30-51(90)74-37(16-35-6-8-36(83)9-7-35)59(99)78-42(25-102-15-3-10-62)57(97)70-23-49(88)73-38(17-53(92)93)60(100)79-43/h6-9,37-44,64H,3-5,10-32,62H2,1-2H3,(H18-,63,65,66,67,68,69,70,71,72,73,74,75,76,77,78,79,81,82,83,84,85,86,87,88,89,90,92,93,94,95,96,97,98,99,100)/p+1/t37-,38+,39-,40-,41-,42+,43+,44?/m0/s1. The normalized spacial score (nSPS) is 19.6. The summed E-state index contributed by atoms with van der Waals surface area (Å²) in [5.41, 5.74) is 11.6. The lowest BCUT2D eigenvalue weighted by Gasteiger charge is -2.31. The van der Waals surface area contributed by atoms with Gasteiger partial charge in [-0.15, -0.1) is 47.0 Å². The van der Waals surface area contributed by atoms with Gasteiger partial charge in [-0.05, 0) is 36.4 Å². The van der Waals surface area contributed by atoms with Gasteiger partial charge in [-0.1, -0.05) is 12.1 Å². The van der Waals surface area contributed by atoms with Crippen molar-refractivity contribution < 1.29 is 106 Å². The largest absolute Gasteiger partial charge is 0.508 e. The van der Waals surface area contributed by atoms with E-state index in [1.165, 1.54) is 49.9 Å². The molecule has 3 saturated heterocycles. The number of carbonyl (C=O) groups is 19. The van der Waals surface area contributed by atoms with Crippen molar-refractivity contribution >= 4 is 171 Å². The second-order valence-electron chi connectivity index (χ2n) is 23.9. The Kier molecular flexibility index (Phi) is 40.1. The van der Waals surface area contributed by atoms with Gasteiger partial charge in [0.1, 0.15) is 53.3 Å². The van der Waals surface area contributed by atoms with Crippen molar-refractivity contribution in [3.8, 4) is 5.75 Å². The Balaban J connectivity index is 1.35. The number of carboxylic acid groups (broad SMARTS) is 1. The number of aromatic hydroxyl groups is 1. The zero-order valence-corrected chi connectivity index (χ0v) is 62.2. The lowest BCUT2D eigenvalue weighted by atomic mass is 10.0. The van der Waals surface area contributed by atoms with Gasteiger partial charge >= 0.3 is 17.8 Å². The van der Waals surface area contributed by atoms with E-state index in [1.54, 1.807) is 0 Å². The molecule has 0 aliphatic carbocycles. The Hall–Kier alpha value is -9.02. The van der Waals surface area contributed by atoms with Crippen molar-refractivity contribution in [3.63, 3.8) is 0 Å². The van der Waals surface area contributed by atoms with Crippen molar-refractivity contribution in [2.45, 2.75) is 99.9 Å². The summed E-state index contributed by atoms with van der Waals surface area (Å²) in [6.45, 7) is -0.0479. The molecule has 1 aromatic carbocycles. The van der Waals surface area contributed by atoms with Crippen LogP contribution in [0.1, 0.15) is 51.5 Å². The number of hydrogen-bond donors (Lipinski definition) is 20. The summed E-state index contributed by atoms with van der Waals surface area (Å²) in [6.07, 6.45) is 0.562. The number of hydrogen-bond acceptors (Lipinski definition) is 27. The van der Waals surface area contributed by atoms with E-state index in [0.717, 1.165) is 47.0 Å². The van der Waals surface area contributed by atoms with Crippen molar-refractivity contribution in [1.29, 1.82) is 0 Å². The van der Waals surface area contributed by atoms with Gasteiger partial charge in [0.25, 0.3) is 0 Å². The molecule has 22 N–H and O–H groups in total. The predicted octanol–water partition coefficient (Wildman–Crippen LogP) is -9.77. The number of carbonyl (C=O) groups excluding carboxylic acids is 18. The number of aliphatic carboxylic acids is 1. The highest BCUT2D eigenvalue weighted by molar-refractivity contribution is 8.01. The topological polar surface area (TPSA) is 609 Å². The third-order valence-electron chi connectivity index (χ3n) is 15.4. The number of nitrogens with zero attached hydrogens (tertiary/aromatic N) is 1. The van der Waals surface area contributed by atoms with E-state index in [1.807, 2.05) is 0 Å². The van der Waals surface area contributed by atoms with Crippen LogP contribution in [0, 0.1) is 0 Å². The molecule has 40 nitrogen and oxygen atoms in total. The number of primary amides is 1. The van der Waals surface area contributed by atoms with Gasteiger partial charge in [0, 0.05) is 75.0 Å². The van der Waals surface area contributed by atoms with E-state index in [-0.39, 0.29) is 69.7 Å². The van der Waals surface area contributed by atoms with Gasteiger partial charge in [-0.25, -0.2) is 9.59 Å². The Labute approximate surface area is 629 Å². The minimum Gasteiger partial charge on any atom is -0.508 e. The van der Waals surface area contributed by atoms with E-state index in [2.05, 4.69) is 85.1 Å². The Morgan fingerprint density at radius 3 is 1.69 bits per heavy atom. The quantitative estimate of drug-likeness (QED) is 0.0127. The first-order chi connectivity index (χ1) is 50.4. The van der Waals surface area contributed by atoms with E-state index in [0.29, 0.717) is 63.3 Å². The first-order valence-corrected chi connectivity index (χ1v) is 38.8. The van der Waals surface area contributed by atoms with E-state index in [9.17, 15) is 101 Å². The third-order valence-corrected chi connectivity index (χ3v) is 20.7. The molecule has 0 saturated carbocycles. The molecule has 1 aromatic rings. The molecule has 8 atom stereocenters. The summed E-state index contributed by atoms with van der Waals surface area (Å²) < 4.78 is -0.276. The lowest BCUT2D eigenvalue weighted by molar-refractivity contribution is -0.774. The van der Waals surface area contributed by atoms with Crippen LogP contribution >= 0.6 is 58.8 Å². The van der Waals surface area contributed by atoms with Gasteiger partial charge in [0.15, 0.2) is 0 Å². The number of imide groups is 1. The Morgan fingerprint density at radius 2 is 1.14 bits per heavy atom. The number of phenols is 1. The molecule has 3 aliphatic heterocycles. The first kappa shape index (κ1) is 89.4. The monoisotopic (exact) mass is 1590 g/mol. The van der Waals surface area contributed by atoms with Crippen molar-refractivity contribution in [1.82, 2.24) is 85.1 Å². The van der Waals surface area contributed by atoms with Crippen molar-refractivity contribution in [2.75, 3.05) is 124 Å². The molecule has 1 unspecified atom stereocenters. The smallest absolute Gasteiger partial charge is 0.334 e. The molecule has 106 heavy (non-hydrogen) atoms. The highest BCUT2D eigenvalue weighted by Crippen LogP contribution is 2.33. The minimum atomic E-state index is -1.86. The van der Waals surface area contributed by atoms with Gasteiger partial charge in [0.05, 0.1) is 82.7 Å². The summed E-state index contributed by atoms with van der Waals surface area (Å²) in [4.78, 5) is 248. The third kappa shape index (κ3) is 33.6. The molecule has 3 heterocycles. The molecule has 586 valence electrons. The second-order valence-corrected chi connectivity index (χ2v) is 29.4. The number of nitrogens with one attached hydrogen (secondary N) is 16. The molecule has 18 amide bonds. The van der Waals surface area contributed by atoms with Gasteiger partial charge in [-0.3, -0.25) is 81.5 Å². The second kappa shape index (κ2) is 47.5. The molecule has 45 heteroatoms. The van der Waals surface area contributed by atoms with Crippen molar-refractivity contribution in [2.24, 2.45) is 11.5 Å². The minimum absolute atomic E-state index is 0.00876. The number of quaternary nitrogens is 1. The fourth-order valence-corrected chi connectivity index (χ4v) is 14.9. The van der Waals surface area contributed by atoms with Gasteiger partial charge in [-0.2, -0.15) is 16.2 Å². The van der Waals surface area contributed by atoms with E-state index in [4.69, 9.17) is 11.5 Å². The van der Waals surface area contributed by atoms with Gasteiger partial charge < -0.3 is 107 Å². The number of rotatable bonds is 37. The first-order valence-electron chi connectivity index (χ1n) is 33.2. The van der Waals surface area contributed by atoms with E-state index >= 15 is 0 Å². The Bertz CT molecular complexity index is 3340. The van der Waals surface area contributed by atoms with E-state index < -0.39 is 205 Å². The highest BCUT2D eigenvalue weighted by atomic mass is 32.2. The zero-order chi connectivity index (χ0) is 78.3. The van der Waals surface area contributed by atoms with Crippen LogP contribution < -0.4 is 96.5 Å². The van der Waals surface area contributed by atoms with Crippen LogP contribution in [0.2, 0.25) is 0 Å². The molecule has 0 radical (unpaired) electrons. The number of nitrogens with two attached hydrogens (primary N) is 2. The Morgan fingerprint density at radius 1 is 0.613 bits per heavy atom. The SMILES string of the molecule is CC(=O)NCSC[C@H](NC(=O)CNC(=O)CNC(=O)[C@H]1CSCC(=O)N[C@@H](Cc2ccc(O)cc2)C(=O)N[C@H](CSCCCN)C(=O)NCC(=O)N[C@H](CC(=O)O)C(=O)N1)C(=O)NCC(=O)N[C@@H](CSCNC(C)=O)C(=O)NCC(=O)NCC(=O)N[C@@H](CSC1CC(=O)[N+]2(CCCNCCC2)C1=O)C(N)=O. The van der Waals surface area contributed by atoms with Crippen LogP contribution in [0.5, 0.6) is 5.75 Å². The lowest BCUT2D eigenvalue weighted by Crippen LogP contribution is -2.58. The molecule has 3 fully saturated rings.